The van der Waals surface area contributed by atoms with Gasteiger partial charge < -0.3 is 4.90 Å². The molecule has 2 aromatic carbocycles. The number of benzene rings is 2. The maximum Gasteiger partial charge on any atom is 0.254 e. The lowest BCUT2D eigenvalue weighted by molar-refractivity contribution is -0.0322. The number of carbonyl (C=O) groups is 1. The zero-order chi connectivity index (χ0) is 17.5. The molecule has 2 aromatic rings. The van der Waals surface area contributed by atoms with Crippen LogP contribution in [-0.2, 0) is 9.84 Å². The van der Waals surface area contributed by atoms with Gasteiger partial charge in [-0.1, -0.05) is 44.2 Å². The van der Waals surface area contributed by atoms with Crippen LogP contribution in [-0.4, -0.2) is 32.0 Å². The predicted octanol–water partition coefficient (Wildman–Crippen LogP) is 3.31. The van der Waals surface area contributed by atoms with Crippen molar-refractivity contribution in [1.29, 1.82) is 0 Å². The number of likely N-dealkylation sites (tertiary alicyclic amines) is 1. The second kappa shape index (κ2) is 5.74. The Kier molecular flexibility index (Phi) is 4.00. The van der Waals surface area contributed by atoms with E-state index in [1.807, 2.05) is 35.2 Å². The second-order valence-electron chi connectivity index (χ2n) is 7.03. The van der Waals surface area contributed by atoms with Gasteiger partial charge in [0.05, 0.1) is 10.9 Å². The number of rotatable bonds is 3. The minimum atomic E-state index is -3.25. The number of amides is 1. The number of hydrogen-bond donors (Lipinski definition) is 0. The Bertz CT molecular complexity index is 855. The average Bonchev–Trinajstić information content (AvgIpc) is 2.52. The normalized spacial score (nSPS) is 19.6. The maximum atomic E-state index is 12.8. The molecular formula is C19H21NO3S. The molecule has 0 radical (unpaired) electrons. The van der Waals surface area contributed by atoms with E-state index in [-0.39, 0.29) is 22.3 Å². The zero-order valence-electron chi connectivity index (χ0n) is 14.1. The van der Waals surface area contributed by atoms with E-state index >= 15 is 0 Å². The summed E-state index contributed by atoms with van der Waals surface area (Å²) in [5, 5.41) is 0. The fourth-order valence-corrected chi connectivity index (χ4v) is 4.02. The Hall–Kier alpha value is -2.14. The third kappa shape index (κ3) is 2.96. The summed E-state index contributed by atoms with van der Waals surface area (Å²) >= 11 is 0. The van der Waals surface area contributed by atoms with Crippen molar-refractivity contribution in [3.05, 3.63) is 65.7 Å². The lowest BCUT2D eigenvalue weighted by atomic mass is 9.71. The molecular weight excluding hydrogens is 322 g/mol. The number of hydrogen-bond acceptors (Lipinski definition) is 3. The Labute approximate surface area is 143 Å². The topological polar surface area (TPSA) is 54.5 Å². The molecule has 0 saturated carbocycles. The van der Waals surface area contributed by atoms with Crippen LogP contribution in [0.5, 0.6) is 0 Å². The van der Waals surface area contributed by atoms with E-state index in [1.54, 1.807) is 12.1 Å². The Balaban J connectivity index is 1.87. The summed E-state index contributed by atoms with van der Waals surface area (Å²) in [6.07, 6.45) is 1.16. The van der Waals surface area contributed by atoms with Crippen molar-refractivity contribution in [3.63, 3.8) is 0 Å². The van der Waals surface area contributed by atoms with Crippen LogP contribution in [0.4, 0.5) is 0 Å². The molecule has 1 aliphatic rings. The van der Waals surface area contributed by atoms with Gasteiger partial charge in [-0.25, -0.2) is 8.42 Å². The summed E-state index contributed by atoms with van der Waals surface area (Å²) in [6.45, 7) is 4.99. The summed E-state index contributed by atoms with van der Waals surface area (Å²) in [7, 11) is -3.25. The summed E-state index contributed by atoms with van der Waals surface area (Å²) in [5.41, 5.74) is 1.65. The van der Waals surface area contributed by atoms with Crippen molar-refractivity contribution in [1.82, 2.24) is 4.90 Å². The van der Waals surface area contributed by atoms with Crippen molar-refractivity contribution in [2.75, 3.05) is 12.8 Å². The van der Waals surface area contributed by atoms with Crippen LogP contribution in [0.1, 0.15) is 35.8 Å². The van der Waals surface area contributed by atoms with Crippen LogP contribution in [0.15, 0.2) is 59.5 Å². The number of nitrogens with zero attached hydrogens (tertiary/aromatic N) is 1. The first-order valence-electron chi connectivity index (χ1n) is 7.86. The monoisotopic (exact) mass is 343 g/mol. The lowest BCUT2D eigenvalue weighted by Gasteiger charge is -2.54. The minimum absolute atomic E-state index is 0.0176. The van der Waals surface area contributed by atoms with Crippen LogP contribution in [0, 0.1) is 5.41 Å². The first-order chi connectivity index (χ1) is 11.2. The van der Waals surface area contributed by atoms with Gasteiger partial charge in [0.1, 0.15) is 0 Å². The SMILES string of the molecule is CC1(C)CN(C(=O)c2ccc(S(C)(=O)=O)cc2)C1c1ccccc1. The van der Waals surface area contributed by atoms with Crippen LogP contribution in [0.3, 0.4) is 0 Å². The summed E-state index contributed by atoms with van der Waals surface area (Å²) in [5.74, 6) is -0.0665. The first-order valence-corrected chi connectivity index (χ1v) is 9.75. The molecule has 1 saturated heterocycles. The average molecular weight is 343 g/mol. The predicted molar refractivity (Wildman–Crippen MR) is 93.6 cm³/mol. The third-order valence-electron chi connectivity index (χ3n) is 4.54. The van der Waals surface area contributed by atoms with Crippen LogP contribution in [0.25, 0.3) is 0 Å². The van der Waals surface area contributed by atoms with Gasteiger partial charge in [0, 0.05) is 23.8 Å². The minimum Gasteiger partial charge on any atom is -0.330 e. The van der Waals surface area contributed by atoms with Crippen LogP contribution >= 0.6 is 0 Å². The highest BCUT2D eigenvalue weighted by Gasteiger charge is 2.48. The molecule has 24 heavy (non-hydrogen) atoms. The molecule has 0 aliphatic carbocycles. The molecule has 1 atom stereocenters. The zero-order valence-corrected chi connectivity index (χ0v) is 14.9. The van der Waals surface area contributed by atoms with E-state index < -0.39 is 9.84 Å². The van der Waals surface area contributed by atoms with Gasteiger partial charge in [-0.3, -0.25) is 4.79 Å². The van der Waals surface area contributed by atoms with E-state index in [2.05, 4.69) is 13.8 Å². The van der Waals surface area contributed by atoms with E-state index in [0.29, 0.717) is 12.1 Å². The third-order valence-corrected chi connectivity index (χ3v) is 5.66. The Morgan fingerprint density at radius 1 is 1.04 bits per heavy atom. The molecule has 3 rings (SSSR count). The molecule has 1 heterocycles. The Morgan fingerprint density at radius 2 is 1.62 bits per heavy atom. The van der Waals surface area contributed by atoms with E-state index in [9.17, 15) is 13.2 Å². The lowest BCUT2D eigenvalue weighted by Crippen LogP contribution is -2.57. The molecule has 1 fully saturated rings. The van der Waals surface area contributed by atoms with Crippen molar-refractivity contribution < 1.29 is 13.2 Å². The summed E-state index contributed by atoms with van der Waals surface area (Å²) < 4.78 is 23.1. The van der Waals surface area contributed by atoms with Crippen molar-refractivity contribution in [2.45, 2.75) is 24.8 Å². The summed E-state index contributed by atoms with van der Waals surface area (Å²) in [6, 6.07) is 16.2. The summed E-state index contributed by atoms with van der Waals surface area (Å²) in [4.78, 5) is 14.9. The van der Waals surface area contributed by atoms with Crippen molar-refractivity contribution >= 4 is 15.7 Å². The fourth-order valence-electron chi connectivity index (χ4n) is 3.39. The molecule has 0 aromatic heterocycles. The molecule has 0 spiro atoms. The van der Waals surface area contributed by atoms with E-state index in [4.69, 9.17) is 0 Å². The standard InChI is InChI=1S/C19H21NO3S/c1-19(2)13-20(17(19)14-7-5-4-6-8-14)18(21)15-9-11-16(12-10-15)24(3,22)23/h4-12,17H,13H2,1-3H3. The molecule has 5 heteroatoms. The number of carbonyl (C=O) groups excluding carboxylic acids is 1. The molecule has 0 bridgehead atoms. The van der Waals surface area contributed by atoms with Gasteiger partial charge in [-0.15, -0.1) is 0 Å². The van der Waals surface area contributed by atoms with Crippen molar-refractivity contribution in [3.8, 4) is 0 Å². The van der Waals surface area contributed by atoms with E-state index in [1.165, 1.54) is 12.1 Å². The molecule has 1 unspecified atom stereocenters. The maximum absolute atomic E-state index is 12.8. The van der Waals surface area contributed by atoms with Gasteiger partial charge in [-0.2, -0.15) is 0 Å². The highest BCUT2D eigenvalue weighted by molar-refractivity contribution is 7.90. The van der Waals surface area contributed by atoms with Crippen molar-refractivity contribution in [2.24, 2.45) is 5.41 Å². The molecule has 126 valence electrons. The van der Waals surface area contributed by atoms with E-state index in [0.717, 1.165) is 11.8 Å². The Morgan fingerprint density at radius 3 is 2.12 bits per heavy atom. The van der Waals surface area contributed by atoms with Crippen LogP contribution in [0.2, 0.25) is 0 Å². The second-order valence-corrected chi connectivity index (χ2v) is 9.05. The number of sulfone groups is 1. The van der Waals surface area contributed by atoms with Gasteiger partial charge in [0.2, 0.25) is 0 Å². The highest BCUT2D eigenvalue weighted by Crippen LogP contribution is 2.48. The van der Waals surface area contributed by atoms with Gasteiger partial charge in [-0.05, 0) is 29.8 Å². The molecule has 0 N–H and O–H groups in total. The quantitative estimate of drug-likeness (QED) is 0.859. The smallest absolute Gasteiger partial charge is 0.254 e. The first kappa shape index (κ1) is 16.7. The fraction of sp³-hybridized carbons (Fsp3) is 0.316. The van der Waals surface area contributed by atoms with Gasteiger partial charge >= 0.3 is 0 Å². The van der Waals surface area contributed by atoms with Gasteiger partial charge in [0.25, 0.3) is 5.91 Å². The van der Waals surface area contributed by atoms with Crippen LogP contribution < -0.4 is 0 Å². The molecule has 1 amide bonds. The van der Waals surface area contributed by atoms with Gasteiger partial charge in [0.15, 0.2) is 9.84 Å². The highest BCUT2D eigenvalue weighted by atomic mass is 32.2. The largest absolute Gasteiger partial charge is 0.330 e. The molecule has 1 aliphatic heterocycles. The molecule has 4 nitrogen and oxygen atoms in total.